The van der Waals surface area contributed by atoms with Crippen molar-refractivity contribution in [2.24, 2.45) is 5.73 Å². The van der Waals surface area contributed by atoms with Gasteiger partial charge in [-0.3, -0.25) is 19.6 Å². The molecule has 3 N–H and O–H groups in total. The minimum atomic E-state index is -0.780. The highest BCUT2D eigenvalue weighted by Gasteiger charge is 2.41. The minimum absolute atomic E-state index is 0.217. The number of aromatic nitrogens is 3. The van der Waals surface area contributed by atoms with Gasteiger partial charge in [0.2, 0.25) is 5.91 Å². The van der Waals surface area contributed by atoms with Gasteiger partial charge in [-0.1, -0.05) is 17.7 Å². The van der Waals surface area contributed by atoms with E-state index in [1.807, 2.05) is 29.1 Å². The molecule has 1 unspecified atom stereocenters. The van der Waals surface area contributed by atoms with Crippen LogP contribution < -0.4 is 11.1 Å². The lowest BCUT2D eigenvalue weighted by molar-refractivity contribution is -0.129. The number of piperazine rings is 1. The van der Waals surface area contributed by atoms with Gasteiger partial charge >= 0.3 is 12.1 Å². The molecule has 12 nitrogen and oxygen atoms in total. The number of primary amides is 1. The molecule has 1 aliphatic carbocycles. The van der Waals surface area contributed by atoms with E-state index in [0.717, 1.165) is 39.7 Å². The molecule has 0 bridgehead atoms. The third-order valence-corrected chi connectivity index (χ3v) is 9.75. The average molecular weight is 714 g/mol. The van der Waals surface area contributed by atoms with Crippen molar-refractivity contribution >= 4 is 45.6 Å². The van der Waals surface area contributed by atoms with Crippen LogP contribution >= 0.6 is 27.5 Å². The first-order chi connectivity index (χ1) is 22.3. The van der Waals surface area contributed by atoms with E-state index in [2.05, 4.69) is 43.3 Å². The molecule has 2 saturated heterocycles. The summed E-state index contributed by atoms with van der Waals surface area (Å²) < 4.78 is 8.79. The lowest BCUT2D eigenvalue weighted by atomic mass is 9.95. The largest absolute Gasteiger partial charge is 0.446 e. The van der Waals surface area contributed by atoms with Crippen LogP contribution in [0.4, 0.5) is 9.59 Å². The number of piperidine rings is 1. The third-order valence-electron chi connectivity index (χ3n) is 9.08. The van der Waals surface area contributed by atoms with Crippen LogP contribution in [0.25, 0.3) is 0 Å². The van der Waals surface area contributed by atoms with Crippen LogP contribution in [-0.4, -0.2) is 98.7 Å². The third kappa shape index (κ3) is 7.31. The van der Waals surface area contributed by atoms with Crippen molar-refractivity contribution in [1.29, 1.82) is 0 Å². The Hall–Kier alpha value is -3.68. The van der Waals surface area contributed by atoms with E-state index in [1.165, 1.54) is 0 Å². The first-order valence-electron chi connectivity index (χ1n) is 15.7. The number of halogens is 2. The Balaban J connectivity index is 1.23. The summed E-state index contributed by atoms with van der Waals surface area (Å²) in [5.74, 6) is -0.232. The maximum absolute atomic E-state index is 13.9. The lowest BCUT2D eigenvalue weighted by Crippen LogP contribution is -2.61. The molecule has 1 aromatic carbocycles. The normalized spacial score (nSPS) is 20.4. The number of fused-ring (bicyclic) bond motifs is 2. The number of carbonyl (C=O) groups is 3. The Labute approximate surface area is 281 Å². The second kappa shape index (κ2) is 14.4. The number of rotatable bonds is 7. The van der Waals surface area contributed by atoms with Crippen LogP contribution in [0.5, 0.6) is 0 Å². The molecule has 4 heterocycles. The van der Waals surface area contributed by atoms with E-state index >= 15 is 0 Å². The molecule has 0 saturated carbocycles. The molecule has 6 rings (SSSR count). The second-order valence-electron chi connectivity index (χ2n) is 12.0. The average Bonchev–Trinajstić information content (AvgIpc) is 3.52. The summed E-state index contributed by atoms with van der Waals surface area (Å²) in [6.07, 6.45) is 9.63. The molecule has 4 amide bonds. The number of imidazole rings is 1. The summed E-state index contributed by atoms with van der Waals surface area (Å²) in [6.45, 7) is 3.13. The fourth-order valence-corrected chi connectivity index (χ4v) is 7.25. The smallest absolute Gasteiger partial charge is 0.410 e. The van der Waals surface area contributed by atoms with Gasteiger partial charge in [-0.15, -0.1) is 0 Å². The van der Waals surface area contributed by atoms with Crippen molar-refractivity contribution in [2.75, 3.05) is 39.3 Å². The van der Waals surface area contributed by atoms with Crippen molar-refractivity contribution in [3.8, 4) is 0 Å². The van der Waals surface area contributed by atoms with Gasteiger partial charge in [0.1, 0.15) is 12.1 Å². The number of hydrogen-bond donors (Lipinski definition) is 2. The number of amides is 4. The van der Waals surface area contributed by atoms with E-state index in [4.69, 9.17) is 27.1 Å². The number of hydrogen-bond acceptors (Lipinski definition) is 7. The molecule has 0 spiro atoms. The number of ether oxygens (including phenoxy) is 1. The van der Waals surface area contributed by atoms with Gasteiger partial charge in [0.25, 0.3) is 0 Å². The van der Waals surface area contributed by atoms with Crippen molar-refractivity contribution in [3.05, 3.63) is 81.1 Å². The molecule has 3 aliphatic rings. The standard InChI is InChI=1S/C32H38BrClN8O4/c33-23-16-22-3-2-21-17-24(34)4-5-26(21)29(28(22)38-18-23)41-14-15-42(32(45)46-25-6-11-40(12-7-25)31(35)44)27(19-41)30(43)37-8-1-10-39-13-9-36-20-39/h4-5,9,13,16-18,20,25,27,29H,1-3,6-8,10-12,14-15,19H2,(H2,35,44)(H,37,43)/t27-,29?/m1/s1. The van der Waals surface area contributed by atoms with Crippen molar-refractivity contribution in [3.63, 3.8) is 0 Å². The molecule has 14 heteroatoms. The van der Waals surface area contributed by atoms with Crippen molar-refractivity contribution < 1.29 is 19.1 Å². The van der Waals surface area contributed by atoms with Gasteiger partial charge in [0.15, 0.2) is 0 Å². The predicted octanol–water partition coefficient (Wildman–Crippen LogP) is 3.75. The van der Waals surface area contributed by atoms with Gasteiger partial charge in [0, 0.05) is 86.7 Å². The molecule has 2 aliphatic heterocycles. The highest BCUT2D eigenvalue weighted by atomic mass is 79.9. The van der Waals surface area contributed by atoms with Crippen molar-refractivity contribution in [2.45, 2.75) is 56.8 Å². The number of nitrogens with two attached hydrogens (primary N) is 1. The molecule has 0 radical (unpaired) electrons. The Morgan fingerprint density at radius 3 is 2.65 bits per heavy atom. The number of pyridine rings is 1. The maximum Gasteiger partial charge on any atom is 0.410 e. The van der Waals surface area contributed by atoms with Crippen LogP contribution in [0.3, 0.4) is 0 Å². The summed E-state index contributed by atoms with van der Waals surface area (Å²) in [6, 6.07) is 6.63. The molecule has 2 atom stereocenters. The highest BCUT2D eigenvalue weighted by molar-refractivity contribution is 9.10. The van der Waals surface area contributed by atoms with Gasteiger partial charge in [-0.2, -0.15) is 0 Å². The molecule has 46 heavy (non-hydrogen) atoms. The SMILES string of the molecule is NC(=O)N1CCC(OC(=O)N2CCN(C3c4ccc(Cl)cc4CCc4cc(Br)cnc43)C[C@@H]2C(=O)NCCCn2ccnc2)CC1. The summed E-state index contributed by atoms with van der Waals surface area (Å²) >= 11 is 10.0. The summed E-state index contributed by atoms with van der Waals surface area (Å²) in [5.41, 5.74) is 9.76. The lowest BCUT2D eigenvalue weighted by Gasteiger charge is -2.44. The van der Waals surface area contributed by atoms with E-state index in [-0.39, 0.29) is 18.1 Å². The first-order valence-corrected chi connectivity index (χ1v) is 16.9. The van der Waals surface area contributed by atoms with Gasteiger partial charge in [0.05, 0.1) is 18.1 Å². The number of nitrogens with one attached hydrogen (secondary N) is 1. The van der Waals surface area contributed by atoms with Crippen molar-refractivity contribution in [1.82, 2.24) is 34.6 Å². The Bertz CT molecular complexity index is 1510. The van der Waals surface area contributed by atoms with Gasteiger partial charge in [-0.25, -0.2) is 14.6 Å². The Morgan fingerprint density at radius 1 is 1.09 bits per heavy atom. The summed E-state index contributed by atoms with van der Waals surface area (Å²) in [4.78, 5) is 53.4. The predicted molar refractivity (Wildman–Crippen MR) is 175 cm³/mol. The van der Waals surface area contributed by atoms with Crippen LogP contribution in [0.1, 0.15) is 47.7 Å². The zero-order chi connectivity index (χ0) is 32.2. The van der Waals surface area contributed by atoms with E-state index in [9.17, 15) is 14.4 Å². The fourth-order valence-electron chi connectivity index (χ4n) is 6.68. The van der Waals surface area contributed by atoms with Gasteiger partial charge in [-0.05, 0) is 70.1 Å². The van der Waals surface area contributed by atoms with E-state index in [0.29, 0.717) is 70.1 Å². The second-order valence-corrected chi connectivity index (χ2v) is 13.4. The van der Waals surface area contributed by atoms with Crippen LogP contribution in [0.15, 0.2) is 53.7 Å². The highest BCUT2D eigenvalue weighted by Crippen LogP contribution is 2.38. The van der Waals surface area contributed by atoms with Crippen LogP contribution in [-0.2, 0) is 28.9 Å². The minimum Gasteiger partial charge on any atom is -0.446 e. The Morgan fingerprint density at radius 2 is 1.89 bits per heavy atom. The first kappa shape index (κ1) is 32.3. The molecular formula is C32H38BrClN8O4. The number of aryl methyl sites for hydroxylation is 3. The molecule has 3 aromatic rings. The topological polar surface area (TPSA) is 139 Å². The molecule has 2 aromatic heterocycles. The number of carbonyl (C=O) groups excluding carboxylic acids is 3. The molecular weight excluding hydrogens is 676 g/mol. The summed E-state index contributed by atoms with van der Waals surface area (Å²) in [5, 5.41) is 3.74. The quantitative estimate of drug-likeness (QED) is 0.356. The molecule has 2 fully saturated rings. The fraction of sp³-hybridized carbons (Fsp3) is 0.469. The number of urea groups is 1. The monoisotopic (exact) mass is 712 g/mol. The van der Waals surface area contributed by atoms with E-state index in [1.54, 1.807) is 22.3 Å². The Kier molecular flexibility index (Phi) is 10.1. The maximum atomic E-state index is 13.9. The number of likely N-dealkylation sites (tertiary alicyclic amines) is 1. The van der Waals surface area contributed by atoms with Crippen LogP contribution in [0, 0.1) is 0 Å². The van der Waals surface area contributed by atoms with E-state index < -0.39 is 18.2 Å². The molecule has 244 valence electrons. The number of nitrogens with zero attached hydrogens (tertiary/aromatic N) is 6. The number of benzene rings is 1. The zero-order valence-corrected chi connectivity index (χ0v) is 27.8. The summed E-state index contributed by atoms with van der Waals surface area (Å²) in [7, 11) is 0. The van der Waals surface area contributed by atoms with Gasteiger partial charge < -0.3 is 25.3 Å². The zero-order valence-electron chi connectivity index (χ0n) is 25.5. The van der Waals surface area contributed by atoms with Crippen LogP contribution in [0.2, 0.25) is 5.02 Å².